The molecule has 0 amide bonds. The molecule has 1 aliphatic rings. The van der Waals surface area contributed by atoms with E-state index in [-0.39, 0.29) is 6.04 Å². The fourth-order valence-corrected chi connectivity index (χ4v) is 3.63. The third kappa shape index (κ3) is 2.43. The Morgan fingerprint density at radius 3 is 3.29 bits per heavy atom. The molecule has 2 aromatic heterocycles. The van der Waals surface area contributed by atoms with Crippen LogP contribution in [0, 0.1) is 0 Å². The minimum absolute atomic E-state index is 0.148. The van der Waals surface area contributed by atoms with E-state index in [1.165, 1.54) is 17.5 Å². The predicted octanol–water partition coefficient (Wildman–Crippen LogP) is 3.31. The van der Waals surface area contributed by atoms with Gasteiger partial charge >= 0.3 is 0 Å². The number of nitrogens with zero attached hydrogens (tertiary/aromatic N) is 2. The monoisotopic (exact) mass is 299 g/mol. The molecule has 0 saturated heterocycles. The summed E-state index contributed by atoms with van der Waals surface area (Å²) in [6.07, 6.45) is 7.39. The van der Waals surface area contributed by atoms with Crippen molar-refractivity contribution in [3.8, 4) is 5.75 Å². The summed E-state index contributed by atoms with van der Waals surface area (Å²) in [7, 11) is 0. The standard InChI is InChI=1S/C16H17N3OS/c17-15-3-1-2-11-4-5-13(8-14(11)15)20-10-12-9-19-6-7-21-16(19)18-12/h4-9,15H,1-3,10,17H2. The number of hydrogen-bond acceptors (Lipinski definition) is 4. The van der Waals surface area contributed by atoms with Gasteiger partial charge < -0.3 is 10.5 Å². The number of nitrogens with two attached hydrogens (primary N) is 1. The molecular weight excluding hydrogens is 282 g/mol. The predicted molar refractivity (Wildman–Crippen MR) is 83.7 cm³/mol. The van der Waals surface area contributed by atoms with Crippen LogP contribution in [0.2, 0.25) is 0 Å². The van der Waals surface area contributed by atoms with Crippen molar-refractivity contribution in [2.75, 3.05) is 0 Å². The van der Waals surface area contributed by atoms with Crippen LogP contribution < -0.4 is 10.5 Å². The maximum absolute atomic E-state index is 6.19. The summed E-state index contributed by atoms with van der Waals surface area (Å²) >= 11 is 1.63. The highest BCUT2D eigenvalue weighted by Crippen LogP contribution is 2.31. The van der Waals surface area contributed by atoms with E-state index in [0.29, 0.717) is 6.61 Å². The summed E-state index contributed by atoms with van der Waals surface area (Å²) in [5.74, 6) is 0.877. The van der Waals surface area contributed by atoms with E-state index < -0.39 is 0 Å². The highest BCUT2D eigenvalue weighted by molar-refractivity contribution is 7.15. The van der Waals surface area contributed by atoms with Crippen LogP contribution >= 0.6 is 11.3 Å². The lowest BCUT2D eigenvalue weighted by Gasteiger charge is -2.22. The normalized spacial score (nSPS) is 17.9. The zero-order chi connectivity index (χ0) is 14.2. The second-order valence-corrected chi connectivity index (χ2v) is 6.35. The third-order valence-corrected chi connectivity index (χ3v) is 4.78. The van der Waals surface area contributed by atoms with Gasteiger partial charge in [0.15, 0.2) is 4.96 Å². The number of rotatable bonds is 3. The Bertz CT molecular complexity index is 748. The first-order valence-corrected chi connectivity index (χ1v) is 8.10. The number of fused-ring (bicyclic) bond motifs is 2. The van der Waals surface area contributed by atoms with Crippen molar-refractivity contribution in [1.82, 2.24) is 9.38 Å². The molecule has 0 spiro atoms. The molecule has 0 bridgehead atoms. The first-order chi connectivity index (χ1) is 10.3. The van der Waals surface area contributed by atoms with Gasteiger partial charge in [0.25, 0.3) is 0 Å². The molecule has 5 heteroatoms. The Morgan fingerprint density at radius 1 is 1.43 bits per heavy atom. The van der Waals surface area contributed by atoms with Crippen LogP contribution in [0.4, 0.5) is 0 Å². The molecule has 2 N–H and O–H groups in total. The van der Waals surface area contributed by atoms with E-state index in [2.05, 4.69) is 17.1 Å². The SMILES string of the molecule is NC1CCCc2ccc(OCc3cn4ccsc4n3)cc21. The molecule has 21 heavy (non-hydrogen) atoms. The fourth-order valence-electron chi connectivity index (χ4n) is 2.91. The van der Waals surface area contributed by atoms with Crippen LogP contribution in [0.5, 0.6) is 5.75 Å². The Balaban J connectivity index is 1.52. The Labute approximate surface area is 127 Å². The van der Waals surface area contributed by atoms with Crippen LogP contribution in [0.1, 0.15) is 35.7 Å². The fraction of sp³-hybridized carbons (Fsp3) is 0.312. The largest absolute Gasteiger partial charge is 0.487 e. The zero-order valence-electron chi connectivity index (χ0n) is 11.7. The first-order valence-electron chi connectivity index (χ1n) is 7.22. The molecule has 0 aliphatic heterocycles. The van der Waals surface area contributed by atoms with Crippen molar-refractivity contribution in [2.45, 2.75) is 31.9 Å². The highest BCUT2D eigenvalue weighted by Gasteiger charge is 2.17. The quantitative estimate of drug-likeness (QED) is 0.807. The van der Waals surface area contributed by atoms with Crippen molar-refractivity contribution >= 4 is 16.3 Å². The molecule has 4 nitrogen and oxygen atoms in total. The van der Waals surface area contributed by atoms with E-state index in [9.17, 15) is 0 Å². The minimum Gasteiger partial charge on any atom is -0.487 e. The van der Waals surface area contributed by atoms with Gasteiger partial charge in [-0.25, -0.2) is 4.98 Å². The van der Waals surface area contributed by atoms with Gasteiger partial charge in [-0.1, -0.05) is 6.07 Å². The number of aryl methyl sites for hydroxylation is 1. The third-order valence-electron chi connectivity index (χ3n) is 4.01. The maximum Gasteiger partial charge on any atom is 0.193 e. The van der Waals surface area contributed by atoms with Gasteiger partial charge in [0.2, 0.25) is 0 Å². The molecule has 4 rings (SSSR count). The van der Waals surface area contributed by atoms with Crippen LogP contribution in [0.3, 0.4) is 0 Å². The Hall–Kier alpha value is -1.85. The first kappa shape index (κ1) is 12.9. The van der Waals surface area contributed by atoms with E-state index in [0.717, 1.165) is 29.2 Å². The molecule has 3 aromatic rings. The van der Waals surface area contributed by atoms with Gasteiger partial charge in [-0.05, 0) is 42.5 Å². The van der Waals surface area contributed by atoms with E-state index in [4.69, 9.17) is 10.5 Å². The van der Waals surface area contributed by atoms with Gasteiger partial charge in [-0.3, -0.25) is 4.40 Å². The lowest BCUT2D eigenvalue weighted by molar-refractivity contribution is 0.301. The second kappa shape index (κ2) is 5.16. The topological polar surface area (TPSA) is 52.5 Å². The van der Waals surface area contributed by atoms with Crippen molar-refractivity contribution in [3.63, 3.8) is 0 Å². The van der Waals surface area contributed by atoms with E-state index in [1.807, 2.05) is 28.2 Å². The van der Waals surface area contributed by atoms with Gasteiger partial charge in [0, 0.05) is 23.8 Å². The average Bonchev–Trinajstić information content (AvgIpc) is 3.07. The number of ether oxygens (including phenoxy) is 1. The van der Waals surface area contributed by atoms with Crippen LogP contribution in [0.15, 0.2) is 36.0 Å². The molecule has 1 aromatic carbocycles. The van der Waals surface area contributed by atoms with Gasteiger partial charge in [-0.2, -0.15) is 0 Å². The smallest absolute Gasteiger partial charge is 0.193 e. The summed E-state index contributed by atoms with van der Waals surface area (Å²) < 4.78 is 7.90. The molecule has 2 heterocycles. The maximum atomic E-state index is 6.19. The molecule has 1 unspecified atom stereocenters. The highest BCUT2D eigenvalue weighted by atomic mass is 32.1. The van der Waals surface area contributed by atoms with E-state index >= 15 is 0 Å². The molecule has 1 aliphatic carbocycles. The number of hydrogen-bond donors (Lipinski definition) is 1. The van der Waals surface area contributed by atoms with Crippen LogP contribution in [0.25, 0.3) is 4.96 Å². The molecular formula is C16H17N3OS. The number of aromatic nitrogens is 2. The van der Waals surface area contributed by atoms with Crippen LogP contribution in [-0.2, 0) is 13.0 Å². The zero-order valence-corrected chi connectivity index (χ0v) is 12.5. The van der Waals surface area contributed by atoms with Crippen molar-refractivity contribution in [2.24, 2.45) is 5.73 Å². The molecule has 108 valence electrons. The second-order valence-electron chi connectivity index (χ2n) is 5.47. The summed E-state index contributed by atoms with van der Waals surface area (Å²) in [6.45, 7) is 0.489. The van der Waals surface area contributed by atoms with Crippen molar-refractivity contribution in [1.29, 1.82) is 0 Å². The molecule has 1 atom stereocenters. The van der Waals surface area contributed by atoms with Gasteiger partial charge in [0.05, 0.1) is 5.69 Å². The minimum atomic E-state index is 0.148. The number of imidazole rings is 1. The Kier molecular flexibility index (Phi) is 3.16. The van der Waals surface area contributed by atoms with E-state index in [1.54, 1.807) is 11.3 Å². The van der Waals surface area contributed by atoms with Gasteiger partial charge in [0.1, 0.15) is 12.4 Å². The summed E-state index contributed by atoms with van der Waals surface area (Å²) in [5.41, 5.74) is 9.74. The average molecular weight is 299 g/mol. The van der Waals surface area contributed by atoms with Gasteiger partial charge in [-0.15, -0.1) is 11.3 Å². The number of benzene rings is 1. The van der Waals surface area contributed by atoms with Crippen molar-refractivity contribution < 1.29 is 4.74 Å². The summed E-state index contributed by atoms with van der Waals surface area (Å²) in [5, 5.41) is 2.03. The lowest BCUT2D eigenvalue weighted by Crippen LogP contribution is -2.17. The Morgan fingerprint density at radius 2 is 2.38 bits per heavy atom. The summed E-state index contributed by atoms with van der Waals surface area (Å²) in [6, 6.07) is 6.43. The molecule has 0 saturated carbocycles. The van der Waals surface area contributed by atoms with Crippen molar-refractivity contribution in [3.05, 3.63) is 52.8 Å². The number of thiazole rings is 1. The van der Waals surface area contributed by atoms with Crippen LogP contribution in [-0.4, -0.2) is 9.38 Å². The molecule has 0 fully saturated rings. The summed E-state index contributed by atoms with van der Waals surface area (Å²) in [4.78, 5) is 5.52. The molecule has 0 radical (unpaired) electrons. The lowest BCUT2D eigenvalue weighted by atomic mass is 9.88.